The van der Waals surface area contributed by atoms with Gasteiger partial charge in [-0.15, -0.1) is 0 Å². The van der Waals surface area contributed by atoms with Gasteiger partial charge in [0, 0.05) is 24.2 Å². The maximum absolute atomic E-state index is 13.1. The van der Waals surface area contributed by atoms with Crippen molar-refractivity contribution in [1.82, 2.24) is 10.3 Å². The molecule has 0 aliphatic carbocycles. The SMILES string of the molecule is [C-]#[N+]c1ccc(CC(c2ccccc2)C(C)NC(=O)C(C)(C)Oc2ccc(C(F)(F)F)cn2)cc1. The van der Waals surface area contributed by atoms with E-state index in [1.165, 1.54) is 13.8 Å². The second kappa shape index (κ2) is 10.6. The zero-order valence-electron chi connectivity index (χ0n) is 19.6. The summed E-state index contributed by atoms with van der Waals surface area (Å²) in [6, 6.07) is 18.8. The number of halogens is 3. The van der Waals surface area contributed by atoms with E-state index in [9.17, 15) is 18.0 Å². The summed E-state index contributed by atoms with van der Waals surface area (Å²) in [5.74, 6) is -0.569. The molecule has 0 spiro atoms. The predicted octanol–water partition coefficient (Wildman–Crippen LogP) is 6.34. The first-order valence-corrected chi connectivity index (χ1v) is 11.0. The third kappa shape index (κ3) is 6.82. The molecule has 0 saturated heterocycles. The summed E-state index contributed by atoms with van der Waals surface area (Å²) in [5, 5.41) is 3.00. The molecular formula is C27H26F3N3O2. The van der Waals surface area contributed by atoms with Gasteiger partial charge in [-0.2, -0.15) is 13.2 Å². The topological polar surface area (TPSA) is 55.6 Å². The molecule has 0 aliphatic heterocycles. The van der Waals surface area contributed by atoms with Gasteiger partial charge in [0.2, 0.25) is 5.88 Å². The van der Waals surface area contributed by atoms with Gasteiger partial charge in [0.1, 0.15) is 0 Å². The molecule has 182 valence electrons. The Hall–Kier alpha value is -3.86. The number of hydrogen-bond acceptors (Lipinski definition) is 3. The summed E-state index contributed by atoms with van der Waals surface area (Å²) in [7, 11) is 0. The summed E-state index contributed by atoms with van der Waals surface area (Å²) < 4.78 is 44.0. The monoisotopic (exact) mass is 481 g/mol. The minimum Gasteiger partial charge on any atom is -0.462 e. The Balaban J connectivity index is 1.74. The molecule has 0 radical (unpaired) electrons. The highest BCUT2D eigenvalue weighted by molar-refractivity contribution is 5.85. The van der Waals surface area contributed by atoms with Crippen molar-refractivity contribution in [3.63, 3.8) is 0 Å². The van der Waals surface area contributed by atoms with Gasteiger partial charge in [0.15, 0.2) is 11.3 Å². The van der Waals surface area contributed by atoms with Crippen LogP contribution in [-0.4, -0.2) is 22.5 Å². The molecular weight excluding hydrogens is 455 g/mol. The van der Waals surface area contributed by atoms with Gasteiger partial charge in [0.25, 0.3) is 5.91 Å². The van der Waals surface area contributed by atoms with Gasteiger partial charge in [-0.25, -0.2) is 9.83 Å². The maximum Gasteiger partial charge on any atom is 0.417 e. The lowest BCUT2D eigenvalue weighted by molar-refractivity contribution is -0.138. The predicted molar refractivity (Wildman–Crippen MR) is 127 cm³/mol. The van der Waals surface area contributed by atoms with Crippen LogP contribution in [0.5, 0.6) is 5.88 Å². The summed E-state index contributed by atoms with van der Waals surface area (Å²) in [5.41, 5.74) is 0.354. The Morgan fingerprint density at radius 1 is 1.06 bits per heavy atom. The minimum atomic E-state index is -4.50. The normalized spacial score (nSPS) is 13.4. The number of rotatable bonds is 8. The number of aromatic nitrogens is 1. The number of hydrogen-bond donors (Lipinski definition) is 1. The van der Waals surface area contributed by atoms with E-state index in [-0.39, 0.29) is 17.8 Å². The lowest BCUT2D eigenvalue weighted by Gasteiger charge is -2.30. The van der Waals surface area contributed by atoms with Crippen molar-refractivity contribution in [3.05, 3.63) is 101 Å². The highest BCUT2D eigenvalue weighted by Gasteiger charge is 2.34. The van der Waals surface area contributed by atoms with Crippen LogP contribution in [0.15, 0.2) is 72.9 Å². The molecule has 0 bridgehead atoms. The zero-order valence-corrected chi connectivity index (χ0v) is 19.6. The molecule has 0 fully saturated rings. The van der Waals surface area contributed by atoms with Gasteiger partial charge in [-0.05, 0) is 44.4 Å². The molecule has 2 aromatic carbocycles. The van der Waals surface area contributed by atoms with E-state index in [1.807, 2.05) is 49.4 Å². The smallest absolute Gasteiger partial charge is 0.417 e. The molecule has 2 unspecified atom stereocenters. The molecule has 8 heteroatoms. The van der Waals surface area contributed by atoms with Crippen LogP contribution in [0.4, 0.5) is 18.9 Å². The third-order valence-electron chi connectivity index (χ3n) is 5.68. The molecule has 1 amide bonds. The summed E-state index contributed by atoms with van der Waals surface area (Å²) in [6.45, 7) is 12.1. The van der Waals surface area contributed by atoms with Crippen LogP contribution in [0.2, 0.25) is 0 Å². The molecule has 5 nitrogen and oxygen atoms in total. The van der Waals surface area contributed by atoms with Crippen molar-refractivity contribution in [2.75, 3.05) is 0 Å². The molecule has 1 heterocycles. The Bertz CT molecular complexity index is 1170. The number of pyridine rings is 1. The fourth-order valence-corrected chi connectivity index (χ4v) is 3.64. The van der Waals surface area contributed by atoms with Gasteiger partial charge < -0.3 is 10.1 Å². The van der Waals surface area contributed by atoms with E-state index in [1.54, 1.807) is 12.1 Å². The number of amides is 1. The summed E-state index contributed by atoms with van der Waals surface area (Å²) >= 11 is 0. The number of ether oxygens (including phenoxy) is 1. The minimum absolute atomic E-state index is 0.0704. The molecule has 1 aromatic heterocycles. The van der Waals surface area contributed by atoms with Crippen LogP contribution in [0.1, 0.15) is 43.4 Å². The Kier molecular flexibility index (Phi) is 7.80. The average Bonchev–Trinajstić information content (AvgIpc) is 2.83. The quantitative estimate of drug-likeness (QED) is 0.382. The summed E-state index contributed by atoms with van der Waals surface area (Å²) in [4.78, 5) is 20.2. The van der Waals surface area contributed by atoms with Crippen LogP contribution >= 0.6 is 0 Å². The van der Waals surface area contributed by atoms with E-state index in [2.05, 4.69) is 15.1 Å². The molecule has 1 N–H and O–H groups in total. The molecule has 35 heavy (non-hydrogen) atoms. The van der Waals surface area contributed by atoms with E-state index >= 15 is 0 Å². The fourth-order valence-electron chi connectivity index (χ4n) is 3.64. The molecule has 3 rings (SSSR count). The first kappa shape index (κ1) is 25.8. The van der Waals surface area contributed by atoms with Crippen molar-refractivity contribution >= 4 is 11.6 Å². The Morgan fingerprint density at radius 2 is 1.71 bits per heavy atom. The summed E-state index contributed by atoms with van der Waals surface area (Å²) in [6.07, 6.45) is -3.20. The Morgan fingerprint density at radius 3 is 2.26 bits per heavy atom. The number of carbonyl (C=O) groups excluding carboxylic acids is 1. The Labute approximate surface area is 202 Å². The molecule has 2 atom stereocenters. The van der Waals surface area contributed by atoms with Gasteiger partial charge in [-0.3, -0.25) is 4.79 Å². The number of benzene rings is 2. The molecule has 0 aliphatic rings. The lowest BCUT2D eigenvalue weighted by atomic mass is 9.86. The van der Waals surface area contributed by atoms with E-state index in [0.717, 1.165) is 23.3 Å². The number of nitrogens with one attached hydrogen (secondary N) is 1. The third-order valence-corrected chi connectivity index (χ3v) is 5.68. The van der Waals surface area contributed by atoms with Gasteiger partial charge >= 0.3 is 6.18 Å². The number of carbonyl (C=O) groups is 1. The second-order valence-electron chi connectivity index (χ2n) is 8.76. The second-order valence-corrected chi connectivity index (χ2v) is 8.76. The standard InChI is InChI=1S/C27H26F3N3O2/c1-18(23(20-8-6-5-7-9-20)16-19-10-13-22(31-4)14-11-19)33-25(34)26(2,3)35-24-15-12-21(17-32-24)27(28,29)30/h5-15,17-18,23H,16H2,1-3H3,(H,33,34). The van der Waals surface area contributed by atoms with E-state index < -0.39 is 23.2 Å². The fraction of sp³-hybridized carbons (Fsp3) is 0.296. The zero-order chi connectivity index (χ0) is 25.6. The highest BCUT2D eigenvalue weighted by atomic mass is 19.4. The first-order chi connectivity index (χ1) is 16.5. The van der Waals surface area contributed by atoms with Crippen molar-refractivity contribution in [2.24, 2.45) is 0 Å². The van der Waals surface area contributed by atoms with Crippen LogP contribution in [0.3, 0.4) is 0 Å². The van der Waals surface area contributed by atoms with E-state index in [4.69, 9.17) is 11.3 Å². The first-order valence-electron chi connectivity index (χ1n) is 11.0. The van der Waals surface area contributed by atoms with Crippen molar-refractivity contribution in [3.8, 4) is 5.88 Å². The van der Waals surface area contributed by atoms with Crippen molar-refractivity contribution < 1.29 is 22.7 Å². The van der Waals surface area contributed by atoms with Crippen molar-refractivity contribution in [1.29, 1.82) is 0 Å². The van der Waals surface area contributed by atoms with Gasteiger partial charge in [-0.1, -0.05) is 54.6 Å². The van der Waals surface area contributed by atoms with Crippen molar-refractivity contribution in [2.45, 2.75) is 50.9 Å². The maximum atomic E-state index is 13.1. The largest absolute Gasteiger partial charge is 0.462 e. The number of nitrogens with zero attached hydrogens (tertiary/aromatic N) is 2. The van der Waals surface area contributed by atoms with Crippen LogP contribution < -0.4 is 10.1 Å². The van der Waals surface area contributed by atoms with Crippen LogP contribution in [0.25, 0.3) is 4.85 Å². The van der Waals surface area contributed by atoms with Crippen LogP contribution in [0, 0.1) is 6.57 Å². The van der Waals surface area contributed by atoms with Gasteiger partial charge in [0.05, 0.1) is 12.1 Å². The lowest BCUT2D eigenvalue weighted by Crippen LogP contribution is -2.51. The molecule has 3 aromatic rings. The average molecular weight is 482 g/mol. The van der Waals surface area contributed by atoms with Crippen LogP contribution in [-0.2, 0) is 17.4 Å². The molecule has 0 saturated carbocycles. The van der Waals surface area contributed by atoms with E-state index in [0.29, 0.717) is 18.3 Å². The number of alkyl halides is 3. The highest BCUT2D eigenvalue weighted by Crippen LogP contribution is 2.30.